The lowest BCUT2D eigenvalue weighted by molar-refractivity contribution is 0.812. The predicted octanol–water partition coefficient (Wildman–Crippen LogP) is 5.89. The average Bonchev–Trinajstić information content (AvgIpc) is 3.21. The molecule has 2 aromatic carbocycles. The molecule has 1 saturated heterocycles. The molecule has 0 saturated carbocycles. The van der Waals surface area contributed by atoms with E-state index in [2.05, 4.69) is 35.7 Å². The molecule has 0 spiro atoms. The maximum Gasteiger partial charge on any atom is 0.0750 e. The number of hydrogen-bond acceptors (Lipinski definition) is 1. The molecule has 0 N–H and O–H groups in total. The molecule has 1 nitrogen and oxygen atoms in total. The van der Waals surface area contributed by atoms with Gasteiger partial charge in [-0.25, -0.2) is 0 Å². The van der Waals surface area contributed by atoms with Gasteiger partial charge in [-0.3, -0.25) is 0 Å². The van der Waals surface area contributed by atoms with Gasteiger partial charge in [0.15, 0.2) is 0 Å². The summed E-state index contributed by atoms with van der Waals surface area (Å²) in [4.78, 5) is 2.43. The second kappa shape index (κ2) is 6.13. The molecule has 1 aliphatic rings. The number of nitrogens with zero attached hydrogens (tertiary/aromatic N) is 1. The van der Waals surface area contributed by atoms with Crippen molar-refractivity contribution in [2.24, 2.45) is 0 Å². The van der Waals surface area contributed by atoms with E-state index >= 15 is 0 Å². The van der Waals surface area contributed by atoms with Crippen molar-refractivity contribution in [3.63, 3.8) is 0 Å². The molecular formula is C18H17Cl2N. The third-order valence-electron chi connectivity index (χ3n) is 3.93. The predicted molar refractivity (Wildman–Crippen MR) is 91.3 cm³/mol. The maximum atomic E-state index is 5.99. The standard InChI is InChI=1S/C18H17Cl2N/c1-2-3-4-17-18(13-5-7-14(19)8-6-13)21(17)16-11-9-15(20)10-12-16/h2,5-12,17-18H,1,3-4H2/t17-,18+,21?/m0/s1. The van der Waals surface area contributed by atoms with Gasteiger partial charge in [-0.05, 0) is 54.8 Å². The van der Waals surface area contributed by atoms with E-state index in [9.17, 15) is 0 Å². The Morgan fingerprint density at radius 2 is 1.52 bits per heavy atom. The van der Waals surface area contributed by atoms with Crippen molar-refractivity contribution in [2.45, 2.75) is 24.9 Å². The van der Waals surface area contributed by atoms with Crippen LogP contribution in [0.15, 0.2) is 61.2 Å². The Balaban J connectivity index is 1.84. The smallest absolute Gasteiger partial charge is 0.0750 e. The number of rotatable bonds is 5. The zero-order chi connectivity index (χ0) is 14.8. The fraction of sp³-hybridized carbons (Fsp3) is 0.222. The molecule has 2 aromatic rings. The van der Waals surface area contributed by atoms with Crippen molar-refractivity contribution in [1.29, 1.82) is 0 Å². The van der Waals surface area contributed by atoms with Gasteiger partial charge in [0.1, 0.15) is 0 Å². The molecule has 0 amide bonds. The van der Waals surface area contributed by atoms with E-state index in [4.69, 9.17) is 23.2 Å². The Kier molecular flexibility index (Phi) is 4.23. The lowest BCUT2D eigenvalue weighted by Gasteiger charge is -2.06. The molecule has 108 valence electrons. The van der Waals surface area contributed by atoms with Crippen molar-refractivity contribution in [1.82, 2.24) is 0 Å². The summed E-state index contributed by atoms with van der Waals surface area (Å²) in [5.41, 5.74) is 2.52. The highest BCUT2D eigenvalue weighted by Gasteiger charge is 2.47. The summed E-state index contributed by atoms with van der Waals surface area (Å²) >= 11 is 12.0. The van der Waals surface area contributed by atoms with Crippen LogP contribution in [0.4, 0.5) is 5.69 Å². The Hall–Kier alpha value is -1.44. The molecule has 1 aliphatic heterocycles. The van der Waals surface area contributed by atoms with Gasteiger partial charge in [0, 0.05) is 15.7 Å². The summed E-state index contributed by atoms with van der Waals surface area (Å²) in [7, 11) is 0. The van der Waals surface area contributed by atoms with Crippen LogP contribution in [0.3, 0.4) is 0 Å². The quantitative estimate of drug-likeness (QED) is 0.491. The van der Waals surface area contributed by atoms with E-state index < -0.39 is 0 Å². The molecule has 2 atom stereocenters. The normalized spacial score (nSPS) is 20.4. The monoisotopic (exact) mass is 317 g/mol. The number of benzene rings is 2. The summed E-state index contributed by atoms with van der Waals surface area (Å²) in [5.74, 6) is 0. The first-order valence-corrected chi connectivity index (χ1v) is 7.86. The lowest BCUT2D eigenvalue weighted by Crippen LogP contribution is -1.98. The Morgan fingerprint density at radius 3 is 2.10 bits per heavy atom. The molecule has 0 radical (unpaired) electrons. The van der Waals surface area contributed by atoms with Crippen LogP contribution in [0.5, 0.6) is 0 Å². The van der Waals surface area contributed by atoms with Crippen LogP contribution in [0, 0.1) is 0 Å². The minimum absolute atomic E-state index is 0.420. The van der Waals surface area contributed by atoms with Gasteiger partial charge in [-0.2, -0.15) is 0 Å². The SMILES string of the molecule is C=CCC[C@H]1[C@@H](c2ccc(Cl)cc2)N1c1ccc(Cl)cc1. The molecule has 21 heavy (non-hydrogen) atoms. The fourth-order valence-corrected chi connectivity index (χ4v) is 3.13. The van der Waals surface area contributed by atoms with Crippen molar-refractivity contribution in [2.75, 3.05) is 4.90 Å². The molecule has 0 aromatic heterocycles. The van der Waals surface area contributed by atoms with E-state index in [0.717, 1.165) is 22.9 Å². The fourth-order valence-electron chi connectivity index (χ4n) is 2.87. The Labute approximate surface area is 135 Å². The highest BCUT2D eigenvalue weighted by molar-refractivity contribution is 6.30. The first kappa shape index (κ1) is 14.5. The zero-order valence-electron chi connectivity index (χ0n) is 11.7. The van der Waals surface area contributed by atoms with Gasteiger partial charge in [-0.15, -0.1) is 6.58 Å². The number of allylic oxidation sites excluding steroid dienone is 1. The minimum Gasteiger partial charge on any atom is -0.357 e. The second-order valence-corrected chi connectivity index (χ2v) is 6.19. The molecular weight excluding hydrogens is 301 g/mol. The van der Waals surface area contributed by atoms with Gasteiger partial charge >= 0.3 is 0 Å². The van der Waals surface area contributed by atoms with Crippen molar-refractivity contribution in [3.05, 3.63) is 76.8 Å². The molecule has 3 rings (SSSR count). The van der Waals surface area contributed by atoms with Crippen LogP contribution in [-0.2, 0) is 0 Å². The third-order valence-corrected chi connectivity index (χ3v) is 4.44. The highest BCUT2D eigenvalue weighted by atomic mass is 35.5. The molecule has 3 heteroatoms. The van der Waals surface area contributed by atoms with Crippen molar-refractivity contribution < 1.29 is 0 Å². The third kappa shape index (κ3) is 3.09. The first-order valence-electron chi connectivity index (χ1n) is 7.11. The van der Waals surface area contributed by atoms with Gasteiger partial charge in [0.05, 0.1) is 12.1 Å². The van der Waals surface area contributed by atoms with Gasteiger partial charge < -0.3 is 4.90 Å². The second-order valence-electron chi connectivity index (χ2n) is 5.31. The van der Waals surface area contributed by atoms with Gasteiger partial charge in [0.25, 0.3) is 0 Å². The maximum absolute atomic E-state index is 5.99. The van der Waals surface area contributed by atoms with E-state index in [1.807, 2.05) is 30.3 Å². The highest BCUT2D eigenvalue weighted by Crippen LogP contribution is 2.49. The van der Waals surface area contributed by atoms with Crippen LogP contribution < -0.4 is 4.90 Å². The number of hydrogen-bond donors (Lipinski definition) is 0. The van der Waals surface area contributed by atoms with Crippen LogP contribution in [0.1, 0.15) is 24.4 Å². The van der Waals surface area contributed by atoms with Crippen LogP contribution >= 0.6 is 23.2 Å². The van der Waals surface area contributed by atoms with E-state index in [1.165, 1.54) is 11.3 Å². The summed E-state index contributed by atoms with van der Waals surface area (Å²) in [6.07, 6.45) is 4.12. The van der Waals surface area contributed by atoms with Gasteiger partial charge in [0.2, 0.25) is 0 Å². The van der Waals surface area contributed by atoms with E-state index in [0.29, 0.717) is 12.1 Å². The van der Waals surface area contributed by atoms with Crippen molar-refractivity contribution in [3.8, 4) is 0 Å². The van der Waals surface area contributed by atoms with E-state index in [1.54, 1.807) is 0 Å². The molecule has 1 fully saturated rings. The first-order chi connectivity index (χ1) is 10.2. The zero-order valence-corrected chi connectivity index (χ0v) is 13.2. The average molecular weight is 318 g/mol. The topological polar surface area (TPSA) is 3.01 Å². The summed E-state index contributed by atoms with van der Waals surface area (Å²) in [6.45, 7) is 3.83. The van der Waals surface area contributed by atoms with Crippen LogP contribution in [0.2, 0.25) is 10.0 Å². The lowest BCUT2D eigenvalue weighted by atomic mass is 10.1. The van der Waals surface area contributed by atoms with E-state index in [-0.39, 0.29) is 0 Å². The number of halogens is 2. The molecule has 1 heterocycles. The van der Waals surface area contributed by atoms with Crippen molar-refractivity contribution >= 4 is 28.9 Å². The van der Waals surface area contributed by atoms with Crippen LogP contribution in [-0.4, -0.2) is 6.04 Å². The molecule has 0 bridgehead atoms. The van der Waals surface area contributed by atoms with Gasteiger partial charge in [-0.1, -0.05) is 41.4 Å². The largest absolute Gasteiger partial charge is 0.357 e. The Morgan fingerprint density at radius 1 is 0.952 bits per heavy atom. The molecule has 0 aliphatic carbocycles. The summed E-state index contributed by atoms with van der Waals surface area (Å²) in [6, 6.07) is 17.1. The molecule has 0 unspecified atom stereocenters. The Bertz CT molecular complexity index is 567. The summed E-state index contributed by atoms with van der Waals surface area (Å²) < 4.78 is 0. The van der Waals surface area contributed by atoms with Crippen LogP contribution in [0.25, 0.3) is 0 Å². The number of anilines is 1. The summed E-state index contributed by atoms with van der Waals surface area (Å²) in [5, 5.41) is 1.55. The minimum atomic E-state index is 0.420.